The van der Waals surface area contributed by atoms with Crippen LogP contribution in [0.3, 0.4) is 0 Å². The number of hydrogen-bond donors (Lipinski definition) is 0. The summed E-state index contributed by atoms with van der Waals surface area (Å²) in [6.07, 6.45) is 3.30. The maximum absolute atomic E-state index is 11.4. The average Bonchev–Trinajstić information content (AvgIpc) is 3.13. The van der Waals surface area contributed by atoms with Crippen molar-refractivity contribution < 1.29 is 9.53 Å². The van der Waals surface area contributed by atoms with Crippen molar-refractivity contribution >= 4 is 5.97 Å². The molecule has 4 nitrogen and oxygen atoms in total. The van der Waals surface area contributed by atoms with Crippen LogP contribution in [-0.4, -0.2) is 60.6 Å². The van der Waals surface area contributed by atoms with Gasteiger partial charge < -0.3 is 4.74 Å². The van der Waals surface area contributed by atoms with Crippen LogP contribution in [0.15, 0.2) is 0 Å². The zero-order valence-corrected chi connectivity index (χ0v) is 11.0. The lowest BCUT2D eigenvalue weighted by molar-refractivity contribution is -0.144. The third-order valence-electron chi connectivity index (χ3n) is 3.80. The molecule has 1 aliphatic heterocycles. The summed E-state index contributed by atoms with van der Waals surface area (Å²) >= 11 is 0. The van der Waals surface area contributed by atoms with Gasteiger partial charge in [-0.25, -0.2) is 0 Å². The Morgan fingerprint density at radius 3 is 2.47 bits per heavy atom. The van der Waals surface area contributed by atoms with Crippen molar-refractivity contribution in [3.8, 4) is 0 Å². The van der Waals surface area contributed by atoms with E-state index in [4.69, 9.17) is 4.74 Å². The molecule has 2 fully saturated rings. The number of nitrogens with zero attached hydrogens (tertiary/aromatic N) is 2. The summed E-state index contributed by atoms with van der Waals surface area (Å²) in [6.45, 7) is 8.99. The summed E-state index contributed by atoms with van der Waals surface area (Å²) in [5.41, 5.74) is 0. The van der Waals surface area contributed by atoms with E-state index in [0.717, 1.165) is 32.2 Å². The maximum Gasteiger partial charge on any atom is 0.307 e. The van der Waals surface area contributed by atoms with Gasteiger partial charge >= 0.3 is 5.97 Å². The van der Waals surface area contributed by atoms with E-state index in [2.05, 4.69) is 16.7 Å². The van der Waals surface area contributed by atoms with Crippen LogP contribution < -0.4 is 0 Å². The van der Waals surface area contributed by atoms with E-state index >= 15 is 0 Å². The maximum atomic E-state index is 11.4. The Labute approximate surface area is 104 Å². The summed E-state index contributed by atoms with van der Waals surface area (Å²) in [6, 6.07) is 1.19. The molecule has 2 aliphatic rings. The third-order valence-corrected chi connectivity index (χ3v) is 3.80. The molecular formula is C13H24N2O2. The molecule has 1 saturated heterocycles. The van der Waals surface area contributed by atoms with Gasteiger partial charge in [-0.15, -0.1) is 0 Å². The molecule has 4 heteroatoms. The molecule has 0 radical (unpaired) electrons. The highest BCUT2D eigenvalue weighted by molar-refractivity contribution is 5.70. The number of piperazine rings is 1. The fraction of sp³-hybridized carbons (Fsp3) is 0.923. The van der Waals surface area contributed by atoms with Gasteiger partial charge in [0.05, 0.1) is 13.0 Å². The first-order valence-electron chi connectivity index (χ1n) is 6.84. The van der Waals surface area contributed by atoms with Crippen LogP contribution >= 0.6 is 0 Å². The van der Waals surface area contributed by atoms with Gasteiger partial charge in [0.25, 0.3) is 0 Å². The highest BCUT2D eigenvalue weighted by Crippen LogP contribution is 2.27. The zero-order valence-electron chi connectivity index (χ0n) is 11.0. The lowest BCUT2D eigenvalue weighted by Gasteiger charge is -2.37. The van der Waals surface area contributed by atoms with Gasteiger partial charge in [0.2, 0.25) is 0 Å². The van der Waals surface area contributed by atoms with Crippen molar-refractivity contribution in [3.63, 3.8) is 0 Å². The van der Waals surface area contributed by atoms with Gasteiger partial charge in [-0.2, -0.15) is 0 Å². The Balaban J connectivity index is 1.69. The molecule has 0 aromatic carbocycles. The molecular weight excluding hydrogens is 216 g/mol. The number of rotatable bonds is 5. The first-order valence-corrected chi connectivity index (χ1v) is 6.84. The van der Waals surface area contributed by atoms with Crippen LogP contribution in [0.1, 0.15) is 33.1 Å². The van der Waals surface area contributed by atoms with Gasteiger partial charge in [0, 0.05) is 38.3 Å². The first kappa shape index (κ1) is 12.8. The van der Waals surface area contributed by atoms with Crippen molar-refractivity contribution in [1.29, 1.82) is 0 Å². The minimum absolute atomic E-state index is 0.0652. The summed E-state index contributed by atoms with van der Waals surface area (Å²) in [4.78, 5) is 16.4. The number of hydrogen-bond acceptors (Lipinski definition) is 4. The molecule has 0 aromatic rings. The van der Waals surface area contributed by atoms with E-state index in [1.807, 2.05) is 6.92 Å². The fourth-order valence-corrected chi connectivity index (χ4v) is 2.57. The second-order valence-electron chi connectivity index (χ2n) is 5.16. The minimum Gasteiger partial charge on any atom is -0.466 e. The number of ether oxygens (including phenoxy) is 1. The fourth-order valence-electron chi connectivity index (χ4n) is 2.57. The van der Waals surface area contributed by atoms with E-state index in [9.17, 15) is 4.79 Å². The van der Waals surface area contributed by atoms with E-state index in [0.29, 0.717) is 19.1 Å². The number of carbonyl (C=O) groups excluding carboxylic acids is 1. The lowest BCUT2D eigenvalue weighted by Crippen LogP contribution is -2.50. The summed E-state index contributed by atoms with van der Waals surface area (Å²) in [7, 11) is 0. The smallest absolute Gasteiger partial charge is 0.307 e. The Morgan fingerprint density at radius 1 is 1.29 bits per heavy atom. The lowest BCUT2D eigenvalue weighted by atomic mass is 10.1. The van der Waals surface area contributed by atoms with Crippen molar-refractivity contribution in [2.45, 2.75) is 45.2 Å². The molecule has 0 N–H and O–H groups in total. The molecule has 0 spiro atoms. The van der Waals surface area contributed by atoms with E-state index in [1.165, 1.54) is 12.8 Å². The molecule has 2 rings (SSSR count). The van der Waals surface area contributed by atoms with Crippen molar-refractivity contribution in [2.24, 2.45) is 0 Å². The van der Waals surface area contributed by atoms with E-state index < -0.39 is 0 Å². The second-order valence-corrected chi connectivity index (χ2v) is 5.16. The summed E-state index contributed by atoms with van der Waals surface area (Å²) in [5.74, 6) is -0.0652. The second kappa shape index (κ2) is 5.83. The molecule has 1 atom stereocenters. The molecule has 0 bridgehead atoms. The Hall–Kier alpha value is -0.610. The van der Waals surface area contributed by atoms with E-state index in [1.54, 1.807) is 0 Å². The molecule has 0 amide bonds. The Morgan fingerprint density at radius 2 is 1.94 bits per heavy atom. The van der Waals surface area contributed by atoms with Crippen LogP contribution in [0.5, 0.6) is 0 Å². The monoisotopic (exact) mass is 240 g/mol. The van der Waals surface area contributed by atoms with E-state index in [-0.39, 0.29) is 5.97 Å². The summed E-state index contributed by atoms with van der Waals surface area (Å²) in [5, 5.41) is 0. The molecule has 1 heterocycles. The highest BCUT2D eigenvalue weighted by Gasteiger charge is 2.32. The van der Waals surface area contributed by atoms with Crippen LogP contribution in [-0.2, 0) is 9.53 Å². The SMILES string of the molecule is CCOC(=O)CC(C)N1CCN(C2CC2)CC1. The third kappa shape index (κ3) is 3.68. The average molecular weight is 240 g/mol. The van der Waals surface area contributed by atoms with Gasteiger partial charge in [-0.1, -0.05) is 0 Å². The van der Waals surface area contributed by atoms with Gasteiger partial charge in [-0.3, -0.25) is 14.6 Å². The van der Waals surface area contributed by atoms with Gasteiger partial charge in [0.15, 0.2) is 0 Å². The quantitative estimate of drug-likeness (QED) is 0.674. The van der Waals surface area contributed by atoms with Gasteiger partial charge in [-0.05, 0) is 26.7 Å². The van der Waals surface area contributed by atoms with Crippen molar-refractivity contribution in [1.82, 2.24) is 9.80 Å². The standard InChI is InChI=1S/C13H24N2O2/c1-3-17-13(16)10-11(2)14-6-8-15(9-7-14)12-4-5-12/h11-12H,3-10H2,1-2H3. The minimum atomic E-state index is -0.0652. The molecule has 1 saturated carbocycles. The normalized spacial score (nSPS) is 24.6. The van der Waals surface area contributed by atoms with Crippen LogP contribution in [0.4, 0.5) is 0 Å². The molecule has 1 aliphatic carbocycles. The molecule has 17 heavy (non-hydrogen) atoms. The Kier molecular flexibility index (Phi) is 4.40. The topological polar surface area (TPSA) is 32.8 Å². The van der Waals surface area contributed by atoms with Crippen LogP contribution in [0.25, 0.3) is 0 Å². The van der Waals surface area contributed by atoms with Crippen molar-refractivity contribution in [3.05, 3.63) is 0 Å². The molecule has 98 valence electrons. The van der Waals surface area contributed by atoms with Crippen LogP contribution in [0.2, 0.25) is 0 Å². The van der Waals surface area contributed by atoms with Crippen molar-refractivity contribution in [2.75, 3.05) is 32.8 Å². The largest absolute Gasteiger partial charge is 0.466 e. The Bertz CT molecular complexity index is 258. The van der Waals surface area contributed by atoms with Gasteiger partial charge in [0.1, 0.15) is 0 Å². The predicted molar refractivity (Wildman–Crippen MR) is 66.9 cm³/mol. The first-order chi connectivity index (χ1) is 8.20. The number of carbonyl (C=O) groups is 1. The zero-order chi connectivity index (χ0) is 12.3. The molecule has 1 unspecified atom stereocenters. The summed E-state index contributed by atoms with van der Waals surface area (Å²) < 4.78 is 5.00. The highest BCUT2D eigenvalue weighted by atomic mass is 16.5. The number of esters is 1. The molecule has 0 aromatic heterocycles. The van der Waals surface area contributed by atoms with Crippen LogP contribution in [0, 0.1) is 0 Å². The predicted octanol–water partition coefficient (Wildman–Crippen LogP) is 1.11.